The van der Waals surface area contributed by atoms with Crippen molar-refractivity contribution in [1.82, 2.24) is 4.90 Å². The summed E-state index contributed by atoms with van der Waals surface area (Å²) < 4.78 is 0. The van der Waals surface area contributed by atoms with Crippen LogP contribution >= 0.6 is 11.3 Å². The summed E-state index contributed by atoms with van der Waals surface area (Å²) in [4.78, 5) is 6.17. The lowest BCUT2D eigenvalue weighted by Crippen LogP contribution is -2.44. The molecule has 0 aliphatic carbocycles. The number of hydrogen-bond acceptors (Lipinski definition) is 4. The van der Waals surface area contributed by atoms with Gasteiger partial charge in [0.2, 0.25) is 0 Å². The van der Waals surface area contributed by atoms with Gasteiger partial charge in [-0.25, -0.2) is 0 Å². The van der Waals surface area contributed by atoms with Gasteiger partial charge in [-0.1, -0.05) is 12.1 Å². The van der Waals surface area contributed by atoms with E-state index in [1.807, 2.05) is 7.05 Å². The quantitative estimate of drug-likeness (QED) is 0.935. The summed E-state index contributed by atoms with van der Waals surface area (Å²) in [5, 5.41) is 5.34. The van der Waals surface area contributed by atoms with Gasteiger partial charge < -0.3 is 15.1 Å². The lowest BCUT2D eigenvalue weighted by Gasteiger charge is -2.34. The lowest BCUT2D eigenvalue weighted by molar-refractivity contribution is 0.313. The minimum Gasteiger partial charge on any atom is -0.387 e. The fraction of sp³-hybridized carbons (Fsp3) is 0.375. The Labute approximate surface area is 124 Å². The maximum atomic E-state index is 3.18. The molecule has 0 saturated carbocycles. The van der Waals surface area contributed by atoms with Crippen molar-refractivity contribution >= 4 is 22.7 Å². The summed E-state index contributed by atoms with van der Waals surface area (Å²) in [6, 6.07) is 11.2. The van der Waals surface area contributed by atoms with Gasteiger partial charge in [0.25, 0.3) is 0 Å². The van der Waals surface area contributed by atoms with E-state index in [4.69, 9.17) is 0 Å². The van der Waals surface area contributed by atoms with Crippen LogP contribution in [0.3, 0.4) is 0 Å². The van der Waals surface area contributed by atoms with Gasteiger partial charge in [0.1, 0.15) is 0 Å². The average Bonchev–Trinajstić information content (AvgIpc) is 2.97. The molecule has 1 N–H and O–H groups in total. The highest BCUT2D eigenvalue weighted by molar-refractivity contribution is 7.14. The summed E-state index contributed by atoms with van der Waals surface area (Å²) in [5.74, 6) is 0. The van der Waals surface area contributed by atoms with E-state index in [2.05, 4.69) is 57.9 Å². The Morgan fingerprint density at radius 3 is 2.35 bits per heavy atom. The molecule has 1 fully saturated rings. The van der Waals surface area contributed by atoms with Crippen LogP contribution in [0.2, 0.25) is 0 Å². The first-order valence-electron chi connectivity index (χ1n) is 7.06. The standard InChI is InChI=1S/C16H21N3S/c1-17-14-11-16(20-12-14)13-3-5-15(6-4-13)19-9-7-18(2)8-10-19/h3-6,11-12,17H,7-10H2,1-2H3. The first kappa shape index (κ1) is 13.5. The SMILES string of the molecule is CNc1csc(-c2ccc(N3CCN(C)CC3)cc2)c1. The Morgan fingerprint density at radius 2 is 1.75 bits per heavy atom. The van der Waals surface area contributed by atoms with Crippen molar-refractivity contribution in [3.05, 3.63) is 35.7 Å². The largest absolute Gasteiger partial charge is 0.387 e. The van der Waals surface area contributed by atoms with E-state index in [9.17, 15) is 0 Å². The van der Waals surface area contributed by atoms with Gasteiger partial charge in [-0.15, -0.1) is 11.3 Å². The van der Waals surface area contributed by atoms with Gasteiger partial charge >= 0.3 is 0 Å². The maximum Gasteiger partial charge on any atom is 0.0452 e. The summed E-state index contributed by atoms with van der Waals surface area (Å²) in [6.45, 7) is 4.55. The topological polar surface area (TPSA) is 18.5 Å². The number of nitrogens with one attached hydrogen (secondary N) is 1. The Balaban J connectivity index is 1.74. The third-order valence-corrected chi connectivity index (χ3v) is 4.89. The molecule has 0 radical (unpaired) electrons. The number of benzene rings is 1. The maximum absolute atomic E-state index is 3.18. The summed E-state index contributed by atoms with van der Waals surface area (Å²) in [7, 11) is 4.15. The highest BCUT2D eigenvalue weighted by Gasteiger charge is 2.14. The van der Waals surface area contributed by atoms with Gasteiger partial charge in [-0.05, 0) is 30.8 Å². The van der Waals surface area contributed by atoms with Crippen LogP contribution in [-0.4, -0.2) is 45.2 Å². The van der Waals surface area contributed by atoms with E-state index in [0.717, 1.165) is 26.2 Å². The molecule has 0 spiro atoms. The van der Waals surface area contributed by atoms with Crippen LogP contribution in [0.1, 0.15) is 0 Å². The predicted octanol–water partition coefficient (Wildman–Crippen LogP) is 3.21. The molecule has 0 unspecified atom stereocenters. The molecular formula is C16H21N3S. The fourth-order valence-electron chi connectivity index (χ4n) is 2.52. The second kappa shape index (κ2) is 5.85. The zero-order chi connectivity index (χ0) is 13.9. The van der Waals surface area contributed by atoms with E-state index < -0.39 is 0 Å². The molecule has 2 aromatic rings. The molecule has 0 amide bonds. The van der Waals surface area contributed by atoms with Crippen LogP contribution in [0.4, 0.5) is 11.4 Å². The molecule has 20 heavy (non-hydrogen) atoms. The second-order valence-corrected chi connectivity index (χ2v) is 6.20. The molecule has 4 heteroatoms. The Hall–Kier alpha value is -1.52. The molecule has 1 saturated heterocycles. The van der Waals surface area contributed by atoms with E-state index in [0.29, 0.717) is 0 Å². The molecule has 1 aliphatic heterocycles. The number of rotatable bonds is 3. The van der Waals surface area contributed by atoms with Gasteiger partial charge in [0.15, 0.2) is 0 Å². The zero-order valence-electron chi connectivity index (χ0n) is 12.1. The first-order valence-corrected chi connectivity index (χ1v) is 7.94. The highest BCUT2D eigenvalue weighted by Crippen LogP contribution is 2.31. The van der Waals surface area contributed by atoms with Gasteiger partial charge in [-0.3, -0.25) is 0 Å². The number of nitrogens with zero attached hydrogens (tertiary/aromatic N) is 2. The number of hydrogen-bond donors (Lipinski definition) is 1. The normalized spacial score (nSPS) is 16.4. The van der Waals surface area contributed by atoms with E-state index in [-0.39, 0.29) is 0 Å². The van der Waals surface area contributed by atoms with Crippen LogP contribution in [0.5, 0.6) is 0 Å². The Morgan fingerprint density at radius 1 is 1.05 bits per heavy atom. The van der Waals surface area contributed by atoms with Crippen LogP contribution in [0, 0.1) is 0 Å². The third-order valence-electron chi connectivity index (χ3n) is 3.91. The fourth-order valence-corrected chi connectivity index (χ4v) is 3.43. The van der Waals surface area contributed by atoms with Crippen molar-refractivity contribution in [1.29, 1.82) is 0 Å². The van der Waals surface area contributed by atoms with E-state index in [1.54, 1.807) is 11.3 Å². The summed E-state index contributed by atoms with van der Waals surface area (Å²) >= 11 is 1.79. The number of anilines is 2. The molecule has 3 nitrogen and oxygen atoms in total. The average molecular weight is 287 g/mol. The van der Waals surface area contributed by atoms with Crippen LogP contribution in [0.15, 0.2) is 35.7 Å². The number of thiophene rings is 1. The molecule has 3 rings (SSSR count). The monoisotopic (exact) mass is 287 g/mol. The van der Waals surface area contributed by atoms with Crippen LogP contribution in [0.25, 0.3) is 10.4 Å². The van der Waals surface area contributed by atoms with Gasteiger partial charge in [0.05, 0.1) is 0 Å². The van der Waals surface area contributed by atoms with Crippen LogP contribution < -0.4 is 10.2 Å². The lowest BCUT2D eigenvalue weighted by atomic mass is 10.1. The molecule has 106 valence electrons. The van der Waals surface area contributed by atoms with Crippen molar-refractivity contribution in [3.8, 4) is 10.4 Å². The summed E-state index contributed by atoms with van der Waals surface area (Å²) in [5.41, 5.74) is 3.83. The molecular weight excluding hydrogens is 266 g/mol. The minimum absolute atomic E-state index is 1.12. The predicted molar refractivity (Wildman–Crippen MR) is 89.0 cm³/mol. The van der Waals surface area contributed by atoms with Crippen molar-refractivity contribution < 1.29 is 0 Å². The molecule has 1 aliphatic rings. The van der Waals surface area contributed by atoms with Gasteiger partial charge in [-0.2, -0.15) is 0 Å². The smallest absolute Gasteiger partial charge is 0.0452 e. The first-order chi connectivity index (χ1) is 9.76. The number of likely N-dealkylation sites (N-methyl/N-ethyl adjacent to an activating group) is 1. The molecule has 1 aromatic carbocycles. The molecule has 0 atom stereocenters. The molecule has 1 aromatic heterocycles. The minimum atomic E-state index is 1.12. The molecule has 0 bridgehead atoms. The van der Waals surface area contributed by atoms with Crippen molar-refractivity contribution in [3.63, 3.8) is 0 Å². The van der Waals surface area contributed by atoms with E-state index in [1.165, 1.54) is 21.8 Å². The Bertz CT molecular complexity index is 553. The van der Waals surface area contributed by atoms with Crippen molar-refractivity contribution in [2.45, 2.75) is 0 Å². The van der Waals surface area contributed by atoms with Crippen LogP contribution in [-0.2, 0) is 0 Å². The van der Waals surface area contributed by atoms with E-state index >= 15 is 0 Å². The molecule has 2 heterocycles. The number of piperazine rings is 1. The second-order valence-electron chi connectivity index (χ2n) is 5.29. The van der Waals surface area contributed by atoms with Crippen molar-refractivity contribution in [2.75, 3.05) is 50.5 Å². The zero-order valence-corrected chi connectivity index (χ0v) is 12.9. The Kier molecular flexibility index (Phi) is 3.94. The van der Waals surface area contributed by atoms with Crippen molar-refractivity contribution in [2.24, 2.45) is 0 Å². The third kappa shape index (κ3) is 2.81. The van der Waals surface area contributed by atoms with Gasteiger partial charge in [0, 0.05) is 54.9 Å². The summed E-state index contributed by atoms with van der Waals surface area (Å²) in [6.07, 6.45) is 0. The highest BCUT2D eigenvalue weighted by atomic mass is 32.1.